The lowest BCUT2D eigenvalue weighted by Gasteiger charge is -2.00. The maximum absolute atomic E-state index is 10.8. The lowest BCUT2D eigenvalue weighted by Crippen LogP contribution is -2.05. The summed E-state index contributed by atoms with van der Waals surface area (Å²) in [6.45, 7) is 1.78. The summed E-state index contributed by atoms with van der Waals surface area (Å²) >= 11 is 0. The molecule has 0 aliphatic carbocycles. The lowest BCUT2D eigenvalue weighted by atomic mass is 10.4. The van der Waals surface area contributed by atoms with Gasteiger partial charge in [-0.3, -0.25) is 4.79 Å². The number of aromatic nitrogens is 2. The van der Waals surface area contributed by atoms with Gasteiger partial charge in [0.1, 0.15) is 12.5 Å². The number of nitrogens with zero attached hydrogens (tertiary/aromatic N) is 2. The summed E-state index contributed by atoms with van der Waals surface area (Å²) in [6.07, 6.45) is -0.259. The minimum atomic E-state index is -0.412. The van der Waals surface area contributed by atoms with E-state index in [1.165, 1.54) is 7.11 Å². The van der Waals surface area contributed by atoms with Crippen molar-refractivity contribution in [1.82, 2.24) is 10.1 Å². The molecule has 0 saturated carbocycles. The number of hydrogen-bond acceptors (Lipinski definition) is 6. The summed E-state index contributed by atoms with van der Waals surface area (Å²) in [7, 11) is 2.85. The third-order valence-corrected chi connectivity index (χ3v) is 1.72. The number of carbonyl (C=O) groups excluding carboxylic acids is 1. The molecule has 0 saturated heterocycles. The number of ether oxygens (including phenoxy) is 2. The molecule has 0 radical (unpaired) electrons. The molecule has 0 amide bonds. The van der Waals surface area contributed by atoms with Crippen LogP contribution in [0.1, 0.15) is 24.7 Å². The Morgan fingerprint density at radius 1 is 1.57 bits per heavy atom. The van der Waals surface area contributed by atoms with Crippen molar-refractivity contribution in [2.75, 3.05) is 14.2 Å². The van der Waals surface area contributed by atoms with Gasteiger partial charge in [-0.1, -0.05) is 5.16 Å². The van der Waals surface area contributed by atoms with E-state index in [9.17, 15) is 4.79 Å². The zero-order valence-corrected chi connectivity index (χ0v) is 8.31. The Morgan fingerprint density at radius 2 is 2.29 bits per heavy atom. The number of hydrogen-bond donors (Lipinski definition) is 0. The fourth-order valence-corrected chi connectivity index (χ4v) is 0.806. The molecule has 0 aliphatic rings. The van der Waals surface area contributed by atoms with Crippen molar-refractivity contribution in [2.24, 2.45) is 0 Å². The van der Waals surface area contributed by atoms with Crippen LogP contribution in [-0.4, -0.2) is 30.3 Å². The summed E-state index contributed by atoms with van der Waals surface area (Å²) in [6, 6.07) is 0. The van der Waals surface area contributed by atoms with Crippen LogP contribution in [0.15, 0.2) is 4.52 Å². The number of esters is 1. The predicted molar refractivity (Wildman–Crippen MR) is 45.4 cm³/mol. The van der Waals surface area contributed by atoms with E-state index >= 15 is 0 Å². The van der Waals surface area contributed by atoms with Gasteiger partial charge < -0.3 is 14.0 Å². The van der Waals surface area contributed by atoms with Gasteiger partial charge in [-0.2, -0.15) is 4.98 Å². The first-order valence-electron chi connectivity index (χ1n) is 4.09. The van der Waals surface area contributed by atoms with Gasteiger partial charge in [0.05, 0.1) is 7.11 Å². The van der Waals surface area contributed by atoms with Gasteiger partial charge in [-0.25, -0.2) is 0 Å². The van der Waals surface area contributed by atoms with E-state index < -0.39 is 5.97 Å². The quantitative estimate of drug-likeness (QED) is 0.658. The minimum absolute atomic E-state index is 0.0140. The van der Waals surface area contributed by atoms with Crippen LogP contribution < -0.4 is 0 Å². The van der Waals surface area contributed by atoms with Crippen LogP contribution in [0.2, 0.25) is 0 Å². The molecule has 1 unspecified atom stereocenters. The molecule has 1 heterocycles. The summed E-state index contributed by atoms with van der Waals surface area (Å²) in [4.78, 5) is 14.8. The Balaban J connectivity index is 2.63. The Labute approximate surface area is 81.2 Å². The van der Waals surface area contributed by atoms with Crippen molar-refractivity contribution >= 4 is 5.97 Å². The van der Waals surface area contributed by atoms with Crippen LogP contribution in [0, 0.1) is 0 Å². The highest BCUT2D eigenvalue weighted by Gasteiger charge is 2.15. The fourth-order valence-electron chi connectivity index (χ4n) is 0.806. The highest BCUT2D eigenvalue weighted by atomic mass is 16.5. The monoisotopic (exact) mass is 200 g/mol. The molecule has 78 valence electrons. The van der Waals surface area contributed by atoms with Gasteiger partial charge in [0.2, 0.25) is 5.89 Å². The first kappa shape index (κ1) is 10.6. The zero-order chi connectivity index (χ0) is 10.6. The topological polar surface area (TPSA) is 74.5 Å². The number of carbonyl (C=O) groups is 1. The summed E-state index contributed by atoms with van der Waals surface area (Å²) in [5.74, 6) is 0.243. The predicted octanol–water partition coefficient (Wildman–Crippen LogP) is 0.492. The smallest absolute Gasteiger partial charge is 0.315 e. The molecule has 0 N–H and O–H groups in total. The molecule has 0 aliphatic heterocycles. The van der Waals surface area contributed by atoms with E-state index in [-0.39, 0.29) is 18.4 Å². The lowest BCUT2D eigenvalue weighted by molar-refractivity contribution is -0.140. The second-order valence-electron chi connectivity index (χ2n) is 2.68. The maximum atomic E-state index is 10.8. The van der Waals surface area contributed by atoms with Crippen LogP contribution >= 0.6 is 0 Å². The largest absolute Gasteiger partial charge is 0.469 e. The molecule has 0 bridgehead atoms. The van der Waals surface area contributed by atoms with Gasteiger partial charge in [-0.15, -0.1) is 0 Å². The van der Waals surface area contributed by atoms with Crippen molar-refractivity contribution in [1.29, 1.82) is 0 Å². The van der Waals surface area contributed by atoms with Crippen molar-refractivity contribution in [3.63, 3.8) is 0 Å². The summed E-state index contributed by atoms with van der Waals surface area (Å²) < 4.78 is 14.3. The first-order valence-corrected chi connectivity index (χ1v) is 4.09. The third kappa shape index (κ3) is 2.53. The normalized spacial score (nSPS) is 12.5. The average Bonchev–Trinajstić information content (AvgIpc) is 2.65. The highest BCUT2D eigenvalue weighted by Crippen LogP contribution is 2.11. The van der Waals surface area contributed by atoms with E-state index in [1.807, 2.05) is 0 Å². The van der Waals surface area contributed by atoms with Crippen molar-refractivity contribution in [3.8, 4) is 0 Å². The van der Waals surface area contributed by atoms with Gasteiger partial charge >= 0.3 is 5.97 Å². The molecule has 1 aromatic rings. The van der Waals surface area contributed by atoms with Crippen molar-refractivity contribution < 1.29 is 18.8 Å². The van der Waals surface area contributed by atoms with Crippen LogP contribution in [0.25, 0.3) is 0 Å². The summed E-state index contributed by atoms with van der Waals surface area (Å²) in [5.41, 5.74) is 0. The molecule has 0 fully saturated rings. The minimum Gasteiger partial charge on any atom is -0.469 e. The van der Waals surface area contributed by atoms with E-state index in [0.717, 1.165) is 0 Å². The highest BCUT2D eigenvalue weighted by molar-refractivity contribution is 5.70. The molecular weight excluding hydrogens is 188 g/mol. The standard InChI is InChI=1S/C8H12N2O4/c1-5(12-2)8-9-6(14-10-8)4-7(11)13-3/h5H,4H2,1-3H3. The first-order chi connectivity index (χ1) is 6.67. The molecule has 0 spiro atoms. The molecule has 1 atom stereocenters. The van der Waals surface area contributed by atoms with E-state index in [2.05, 4.69) is 14.9 Å². The Bertz CT molecular complexity index is 310. The van der Waals surface area contributed by atoms with Gasteiger partial charge in [-0.05, 0) is 6.92 Å². The second kappa shape index (κ2) is 4.71. The van der Waals surface area contributed by atoms with Crippen LogP contribution in [0.5, 0.6) is 0 Å². The molecule has 1 aromatic heterocycles. The zero-order valence-electron chi connectivity index (χ0n) is 8.31. The van der Waals surface area contributed by atoms with Gasteiger partial charge in [0.25, 0.3) is 0 Å². The molecule has 0 aromatic carbocycles. The van der Waals surface area contributed by atoms with E-state index in [0.29, 0.717) is 5.82 Å². The average molecular weight is 200 g/mol. The van der Waals surface area contributed by atoms with E-state index in [1.54, 1.807) is 14.0 Å². The van der Waals surface area contributed by atoms with Crippen molar-refractivity contribution in [2.45, 2.75) is 19.4 Å². The Kier molecular flexibility index (Phi) is 3.58. The molecule has 14 heavy (non-hydrogen) atoms. The maximum Gasteiger partial charge on any atom is 0.315 e. The van der Waals surface area contributed by atoms with E-state index in [4.69, 9.17) is 9.26 Å². The fraction of sp³-hybridized carbons (Fsp3) is 0.625. The molecular formula is C8H12N2O4. The third-order valence-electron chi connectivity index (χ3n) is 1.72. The second-order valence-corrected chi connectivity index (χ2v) is 2.68. The SMILES string of the molecule is COC(=O)Cc1nc(C(C)OC)no1. The van der Waals surface area contributed by atoms with Crippen LogP contribution in [-0.2, 0) is 20.7 Å². The van der Waals surface area contributed by atoms with Crippen LogP contribution in [0.4, 0.5) is 0 Å². The molecule has 1 rings (SSSR count). The molecule has 6 heteroatoms. The van der Waals surface area contributed by atoms with Gasteiger partial charge in [0, 0.05) is 7.11 Å². The number of methoxy groups -OCH3 is 2. The number of rotatable bonds is 4. The van der Waals surface area contributed by atoms with Crippen LogP contribution in [0.3, 0.4) is 0 Å². The Hall–Kier alpha value is -1.43. The Morgan fingerprint density at radius 3 is 2.86 bits per heavy atom. The molecule has 6 nitrogen and oxygen atoms in total. The van der Waals surface area contributed by atoms with Gasteiger partial charge in [0.15, 0.2) is 5.82 Å². The van der Waals surface area contributed by atoms with Crippen molar-refractivity contribution in [3.05, 3.63) is 11.7 Å². The summed E-state index contributed by atoms with van der Waals surface area (Å²) in [5, 5.41) is 3.66.